The van der Waals surface area contributed by atoms with Gasteiger partial charge in [0.05, 0.1) is 11.7 Å². The molecule has 1 heterocycles. The molecule has 0 aromatic carbocycles. The highest BCUT2D eigenvalue weighted by Gasteiger charge is 2.37. The Labute approximate surface area is 108 Å². The Morgan fingerprint density at radius 1 is 1.44 bits per heavy atom. The second kappa shape index (κ2) is 5.55. The van der Waals surface area contributed by atoms with Crippen LogP contribution in [0.15, 0.2) is 0 Å². The second-order valence-electron chi connectivity index (χ2n) is 5.69. The topological polar surface area (TPSA) is 75.8 Å². The van der Waals surface area contributed by atoms with Gasteiger partial charge < -0.3 is 20.5 Å². The summed E-state index contributed by atoms with van der Waals surface area (Å²) in [6, 6.07) is 0. The highest BCUT2D eigenvalue weighted by atomic mass is 16.5. The van der Waals surface area contributed by atoms with Crippen LogP contribution >= 0.6 is 0 Å². The fourth-order valence-electron chi connectivity index (χ4n) is 3.02. The van der Waals surface area contributed by atoms with Crippen molar-refractivity contribution in [3.8, 4) is 0 Å². The maximum atomic E-state index is 12.2. The molecule has 2 aliphatic rings. The standard InChI is InChI=1S/C13H24N2O3/c1-15(9-13(17)6-2-3-7-13)12(16)11-5-4-10(8-14)18-11/h10-11,17H,2-9,14H2,1H3. The lowest BCUT2D eigenvalue weighted by Crippen LogP contribution is -2.45. The third kappa shape index (κ3) is 3.02. The number of hydrogen-bond acceptors (Lipinski definition) is 4. The summed E-state index contributed by atoms with van der Waals surface area (Å²) in [5.74, 6) is -0.0220. The van der Waals surface area contributed by atoms with Gasteiger partial charge in [-0.1, -0.05) is 12.8 Å². The Bertz CT molecular complexity index is 303. The molecule has 5 heteroatoms. The summed E-state index contributed by atoms with van der Waals surface area (Å²) in [5.41, 5.74) is 4.85. The van der Waals surface area contributed by atoms with Crippen LogP contribution in [0, 0.1) is 0 Å². The van der Waals surface area contributed by atoms with Gasteiger partial charge in [-0.2, -0.15) is 0 Å². The van der Waals surface area contributed by atoms with Crippen molar-refractivity contribution < 1.29 is 14.6 Å². The Hall–Kier alpha value is -0.650. The molecule has 0 bridgehead atoms. The normalized spacial score (nSPS) is 30.6. The van der Waals surface area contributed by atoms with Crippen molar-refractivity contribution in [2.75, 3.05) is 20.1 Å². The first-order valence-electron chi connectivity index (χ1n) is 6.87. The number of nitrogens with two attached hydrogens (primary N) is 1. The zero-order valence-electron chi connectivity index (χ0n) is 11.1. The van der Waals surface area contributed by atoms with E-state index in [4.69, 9.17) is 10.5 Å². The lowest BCUT2D eigenvalue weighted by molar-refractivity contribution is -0.144. The molecule has 2 rings (SSSR count). The Morgan fingerprint density at radius 3 is 2.67 bits per heavy atom. The van der Waals surface area contributed by atoms with Crippen molar-refractivity contribution in [2.45, 2.75) is 56.3 Å². The van der Waals surface area contributed by atoms with Crippen molar-refractivity contribution in [1.29, 1.82) is 0 Å². The van der Waals surface area contributed by atoms with Crippen LogP contribution in [0.1, 0.15) is 38.5 Å². The summed E-state index contributed by atoms with van der Waals surface area (Å²) in [7, 11) is 1.75. The molecule has 2 unspecified atom stereocenters. The summed E-state index contributed by atoms with van der Waals surface area (Å²) in [6.07, 6.45) is 4.93. The molecule has 3 N–H and O–H groups in total. The molecule has 0 radical (unpaired) electrons. The van der Waals surface area contributed by atoms with Crippen LogP contribution in [0.5, 0.6) is 0 Å². The quantitative estimate of drug-likeness (QED) is 0.756. The van der Waals surface area contributed by atoms with Crippen molar-refractivity contribution in [1.82, 2.24) is 4.90 Å². The highest BCUT2D eigenvalue weighted by molar-refractivity contribution is 5.81. The van der Waals surface area contributed by atoms with Crippen molar-refractivity contribution >= 4 is 5.91 Å². The van der Waals surface area contributed by atoms with E-state index in [0.29, 0.717) is 13.1 Å². The Balaban J connectivity index is 1.85. The molecule has 1 aliphatic heterocycles. The van der Waals surface area contributed by atoms with Gasteiger partial charge in [-0.25, -0.2) is 0 Å². The number of amides is 1. The van der Waals surface area contributed by atoms with Gasteiger partial charge in [0.15, 0.2) is 0 Å². The second-order valence-corrected chi connectivity index (χ2v) is 5.69. The number of nitrogens with zero attached hydrogens (tertiary/aromatic N) is 1. The summed E-state index contributed by atoms with van der Waals surface area (Å²) in [5, 5.41) is 10.3. The van der Waals surface area contributed by atoms with Crippen LogP contribution in [-0.4, -0.2) is 53.9 Å². The lowest BCUT2D eigenvalue weighted by Gasteiger charge is -2.30. The number of carbonyl (C=O) groups excluding carboxylic acids is 1. The van der Waals surface area contributed by atoms with E-state index in [1.165, 1.54) is 0 Å². The van der Waals surface area contributed by atoms with Crippen LogP contribution in [0.25, 0.3) is 0 Å². The van der Waals surface area contributed by atoms with Crippen molar-refractivity contribution in [3.63, 3.8) is 0 Å². The SMILES string of the molecule is CN(CC1(O)CCCC1)C(=O)C1CCC(CN)O1. The first kappa shape index (κ1) is 13.8. The average molecular weight is 256 g/mol. The maximum absolute atomic E-state index is 12.2. The van der Waals surface area contributed by atoms with E-state index in [9.17, 15) is 9.90 Å². The molecule has 1 saturated heterocycles. The number of likely N-dealkylation sites (N-methyl/N-ethyl adjacent to an activating group) is 1. The fourth-order valence-corrected chi connectivity index (χ4v) is 3.02. The molecule has 1 aliphatic carbocycles. The lowest BCUT2D eigenvalue weighted by atomic mass is 10.0. The van der Waals surface area contributed by atoms with E-state index >= 15 is 0 Å². The predicted molar refractivity (Wildman–Crippen MR) is 68.0 cm³/mol. The molecule has 104 valence electrons. The monoisotopic (exact) mass is 256 g/mol. The van der Waals surface area contributed by atoms with E-state index in [1.54, 1.807) is 11.9 Å². The molecule has 2 fully saturated rings. The van der Waals surface area contributed by atoms with E-state index < -0.39 is 5.60 Å². The van der Waals surface area contributed by atoms with E-state index in [2.05, 4.69) is 0 Å². The zero-order valence-corrected chi connectivity index (χ0v) is 11.1. The minimum Gasteiger partial charge on any atom is -0.388 e. The Morgan fingerprint density at radius 2 is 2.11 bits per heavy atom. The molecule has 1 amide bonds. The number of hydrogen-bond donors (Lipinski definition) is 2. The molecule has 18 heavy (non-hydrogen) atoms. The van der Waals surface area contributed by atoms with Gasteiger partial charge in [-0.15, -0.1) is 0 Å². The molecule has 0 aromatic heterocycles. The van der Waals surface area contributed by atoms with E-state index in [-0.39, 0.29) is 18.1 Å². The van der Waals surface area contributed by atoms with Crippen LogP contribution in [-0.2, 0) is 9.53 Å². The molecule has 1 saturated carbocycles. The fraction of sp³-hybridized carbons (Fsp3) is 0.923. The summed E-state index contributed by atoms with van der Waals surface area (Å²) >= 11 is 0. The summed E-state index contributed by atoms with van der Waals surface area (Å²) in [6.45, 7) is 0.885. The number of ether oxygens (including phenoxy) is 1. The minimum absolute atomic E-state index is 0.0157. The molecule has 5 nitrogen and oxygen atoms in total. The van der Waals surface area contributed by atoms with Crippen LogP contribution in [0.3, 0.4) is 0 Å². The average Bonchev–Trinajstić information content (AvgIpc) is 2.96. The molecular formula is C13H24N2O3. The number of rotatable bonds is 4. The van der Waals surface area contributed by atoms with E-state index in [0.717, 1.165) is 38.5 Å². The van der Waals surface area contributed by atoms with Crippen LogP contribution in [0.4, 0.5) is 0 Å². The minimum atomic E-state index is -0.684. The molecular weight excluding hydrogens is 232 g/mol. The smallest absolute Gasteiger partial charge is 0.251 e. The van der Waals surface area contributed by atoms with Crippen LogP contribution in [0.2, 0.25) is 0 Å². The van der Waals surface area contributed by atoms with Gasteiger partial charge >= 0.3 is 0 Å². The predicted octanol–water partition coefficient (Wildman–Crippen LogP) is 0.256. The summed E-state index contributed by atoms with van der Waals surface area (Å²) < 4.78 is 5.59. The maximum Gasteiger partial charge on any atom is 0.251 e. The third-order valence-electron chi connectivity index (χ3n) is 4.09. The van der Waals surface area contributed by atoms with Gasteiger partial charge in [-0.3, -0.25) is 4.79 Å². The molecule has 0 aromatic rings. The van der Waals surface area contributed by atoms with Crippen molar-refractivity contribution in [2.24, 2.45) is 5.73 Å². The zero-order chi connectivity index (χ0) is 13.2. The largest absolute Gasteiger partial charge is 0.388 e. The Kier molecular flexibility index (Phi) is 4.25. The molecule has 0 spiro atoms. The van der Waals surface area contributed by atoms with Gasteiger partial charge in [-0.05, 0) is 25.7 Å². The highest BCUT2D eigenvalue weighted by Crippen LogP contribution is 2.30. The first-order chi connectivity index (χ1) is 8.54. The van der Waals surface area contributed by atoms with Crippen LogP contribution < -0.4 is 5.73 Å². The third-order valence-corrected chi connectivity index (χ3v) is 4.09. The van der Waals surface area contributed by atoms with Gasteiger partial charge in [0.25, 0.3) is 5.91 Å². The van der Waals surface area contributed by atoms with Gasteiger partial charge in [0, 0.05) is 20.1 Å². The number of aliphatic hydroxyl groups is 1. The first-order valence-corrected chi connectivity index (χ1v) is 6.87. The van der Waals surface area contributed by atoms with Gasteiger partial charge in [0.2, 0.25) is 0 Å². The number of carbonyl (C=O) groups is 1. The molecule has 2 atom stereocenters. The summed E-state index contributed by atoms with van der Waals surface area (Å²) in [4.78, 5) is 13.8. The van der Waals surface area contributed by atoms with Gasteiger partial charge in [0.1, 0.15) is 6.10 Å². The van der Waals surface area contributed by atoms with E-state index in [1.807, 2.05) is 0 Å². The van der Waals surface area contributed by atoms with Crippen molar-refractivity contribution in [3.05, 3.63) is 0 Å².